The zero-order valence-corrected chi connectivity index (χ0v) is 11.1. The Labute approximate surface area is 108 Å². The van der Waals surface area contributed by atoms with E-state index in [0.29, 0.717) is 6.04 Å². The van der Waals surface area contributed by atoms with E-state index in [0.717, 1.165) is 38.1 Å². The fourth-order valence-electron chi connectivity index (χ4n) is 2.17. The number of fused-ring (bicyclic) bond motifs is 1. The lowest BCUT2D eigenvalue weighted by Gasteiger charge is -2.23. The van der Waals surface area contributed by atoms with Crippen LogP contribution in [0.2, 0.25) is 0 Å². The van der Waals surface area contributed by atoms with Crippen molar-refractivity contribution in [3.05, 3.63) is 15.7 Å². The van der Waals surface area contributed by atoms with Gasteiger partial charge >= 0.3 is 0 Å². The third kappa shape index (κ3) is 1.97. The van der Waals surface area contributed by atoms with Crippen LogP contribution in [0, 0.1) is 9.62 Å². The van der Waals surface area contributed by atoms with Gasteiger partial charge in [0.2, 0.25) is 5.91 Å². The van der Waals surface area contributed by atoms with E-state index in [1.165, 1.54) is 3.70 Å². The largest absolute Gasteiger partial charge is 0.353 e. The van der Waals surface area contributed by atoms with Crippen LogP contribution in [-0.4, -0.2) is 21.5 Å². The molecule has 0 saturated heterocycles. The number of halogens is 1. The van der Waals surface area contributed by atoms with E-state index in [-0.39, 0.29) is 11.8 Å². The van der Waals surface area contributed by atoms with Crippen LogP contribution < -0.4 is 5.32 Å². The molecule has 0 aromatic carbocycles. The summed E-state index contributed by atoms with van der Waals surface area (Å²) in [4.78, 5) is 16.3. The molecule has 1 unspecified atom stereocenters. The van der Waals surface area contributed by atoms with Crippen molar-refractivity contribution < 1.29 is 4.79 Å². The van der Waals surface area contributed by atoms with Gasteiger partial charge in [-0.2, -0.15) is 0 Å². The van der Waals surface area contributed by atoms with Crippen molar-refractivity contribution in [1.82, 2.24) is 14.9 Å². The molecule has 16 heavy (non-hydrogen) atoms. The molecular weight excluding hydrogens is 317 g/mol. The first-order valence-corrected chi connectivity index (χ1v) is 6.82. The summed E-state index contributed by atoms with van der Waals surface area (Å²) in [7, 11) is 0. The molecule has 1 saturated carbocycles. The molecule has 86 valence electrons. The second kappa shape index (κ2) is 4.01. The first-order chi connectivity index (χ1) is 7.74. The lowest BCUT2D eigenvalue weighted by Crippen LogP contribution is -2.36. The van der Waals surface area contributed by atoms with Crippen molar-refractivity contribution in [3.8, 4) is 0 Å². The number of nitrogens with zero attached hydrogens (tertiary/aromatic N) is 2. The number of carbonyl (C=O) groups is 1. The van der Waals surface area contributed by atoms with E-state index in [4.69, 9.17) is 0 Å². The molecule has 0 radical (unpaired) electrons. The number of nitrogens with one attached hydrogen (secondary N) is 1. The summed E-state index contributed by atoms with van der Waals surface area (Å²) >= 11 is 2.29. The summed E-state index contributed by atoms with van der Waals surface area (Å²) in [6.07, 6.45) is 5.94. The molecule has 1 fully saturated rings. The van der Waals surface area contributed by atoms with Crippen molar-refractivity contribution in [3.63, 3.8) is 0 Å². The van der Waals surface area contributed by atoms with E-state index in [2.05, 4.69) is 37.5 Å². The number of aromatic nitrogens is 2. The maximum Gasteiger partial charge on any atom is 0.223 e. The Kier molecular flexibility index (Phi) is 2.65. The van der Waals surface area contributed by atoms with Gasteiger partial charge in [0, 0.05) is 24.9 Å². The van der Waals surface area contributed by atoms with Gasteiger partial charge in [0.15, 0.2) is 0 Å². The second-order valence-electron chi connectivity index (χ2n) is 4.62. The Bertz CT molecular complexity index is 425. The molecule has 4 nitrogen and oxygen atoms in total. The topological polar surface area (TPSA) is 46.9 Å². The first-order valence-electron chi connectivity index (χ1n) is 5.74. The van der Waals surface area contributed by atoms with Crippen molar-refractivity contribution in [2.24, 2.45) is 5.92 Å². The number of amides is 1. The smallest absolute Gasteiger partial charge is 0.223 e. The van der Waals surface area contributed by atoms with E-state index >= 15 is 0 Å². The maximum absolute atomic E-state index is 11.9. The van der Waals surface area contributed by atoms with Gasteiger partial charge < -0.3 is 9.88 Å². The number of carbonyl (C=O) groups excluding carboxylic acids is 1. The normalized spacial score (nSPS) is 23.9. The van der Waals surface area contributed by atoms with Crippen molar-refractivity contribution in [2.45, 2.75) is 38.3 Å². The van der Waals surface area contributed by atoms with Crippen molar-refractivity contribution >= 4 is 28.5 Å². The summed E-state index contributed by atoms with van der Waals surface area (Å²) in [5.74, 6) is 1.42. The minimum atomic E-state index is 0.131. The maximum atomic E-state index is 11.9. The molecule has 1 aliphatic heterocycles. The molecule has 5 heteroatoms. The van der Waals surface area contributed by atoms with Crippen LogP contribution in [0.3, 0.4) is 0 Å². The van der Waals surface area contributed by atoms with Gasteiger partial charge in [0.05, 0.1) is 9.90 Å². The van der Waals surface area contributed by atoms with Gasteiger partial charge in [-0.3, -0.25) is 4.79 Å². The van der Waals surface area contributed by atoms with E-state index in [9.17, 15) is 4.79 Å². The molecule has 2 aliphatic rings. The summed E-state index contributed by atoms with van der Waals surface area (Å²) in [6, 6.07) is 0.467. The highest BCUT2D eigenvalue weighted by molar-refractivity contribution is 14.1. The predicted octanol–water partition coefficient (Wildman–Crippen LogP) is 1.33. The van der Waals surface area contributed by atoms with E-state index < -0.39 is 0 Å². The average Bonchev–Trinajstić information content (AvgIpc) is 3.02. The molecule has 1 N–H and O–H groups in total. The molecule has 1 aromatic heterocycles. The van der Waals surface area contributed by atoms with Gasteiger partial charge in [-0.1, -0.05) is 0 Å². The molecule has 0 spiro atoms. The zero-order valence-electron chi connectivity index (χ0n) is 8.95. The minimum Gasteiger partial charge on any atom is -0.353 e. The number of hydrogen-bond acceptors (Lipinski definition) is 2. The van der Waals surface area contributed by atoms with Crippen LogP contribution in [0.1, 0.15) is 25.1 Å². The van der Waals surface area contributed by atoms with Crippen molar-refractivity contribution in [1.29, 1.82) is 0 Å². The second-order valence-corrected chi connectivity index (χ2v) is 5.73. The monoisotopic (exact) mass is 331 g/mol. The van der Waals surface area contributed by atoms with Gasteiger partial charge in [-0.15, -0.1) is 0 Å². The van der Waals surface area contributed by atoms with Crippen LogP contribution in [0.15, 0.2) is 6.20 Å². The highest BCUT2D eigenvalue weighted by Gasteiger charge is 2.30. The predicted molar refractivity (Wildman–Crippen MR) is 67.9 cm³/mol. The summed E-state index contributed by atoms with van der Waals surface area (Å²) in [5, 5.41) is 3.08. The lowest BCUT2D eigenvalue weighted by molar-refractivity contribution is -0.125. The van der Waals surface area contributed by atoms with Crippen LogP contribution in [0.25, 0.3) is 0 Å². The average molecular weight is 331 g/mol. The van der Waals surface area contributed by atoms with Gasteiger partial charge in [-0.05, 0) is 41.9 Å². The molecule has 1 aliphatic carbocycles. The Hall–Kier alpha value is -0.590. The highest BCUT2D eigenvalue weighted by Crippen LogP contribution is 2.24. The summed E-state index contributed by atoms with van der Waals surface area (Å²) < 4.78 is 3.38. The summed E-state index contributed by atoms with van der Waals surface area (Å²) in [5.41, 5.74) is 0. The Morgan fingerprint density at radius 3 is 3.06 bits per heavy atom. The fourth-order valence-corrected chi connectivity index (χ4v) is 2.83. The zero-order chi connectivity index (χ0) is 11.1. The van der Waals surface area contributed by atoms with Crippen molar-refractivity contribution in [2.75, 3.05) is 0 Å². The standard InChI is InChI=1S/C11H14IN3O/c12-9-6-13-10-5-7(3-4-15(9)10)11(16)14-8-1-2-8/h6-8H,1-5H2,(H,14,16). The molecule has 0 bridgehead atoms. The molecule has 2 heterocycles. The van der Waals surface area contributed by atoms with Crippen LogP contribution in [0.5, 0.6) is 0 Å². The molecule has 1 aromatic rings. The third-order valence-electron chi connectivity index (χ3n) is 3.31. The fraction of sp³-hybridized carbons (Fsp3) is 0.636. The lowest BCUT2D eigenvalue weighted by atomic mass is 9.97. The van der Waals surface area contributed by atoms with Crippen LogP contribution >= 0.6 is 22.6 Å². The first kappa shape index (κ1) is 10.6. The highest BCUT2D eigenvalue weighted by atomic mass is 127. The molecule has 1 atom stereocenters. The SMILES string of the molecule is O=C(NC1CC1)C1CCn2c(I)cnc2C1. The number of hydrogen-bond donors (Lipinski definition) is 1. The Balaban J connectivity index is 1.69. The van der Waals surface area contributed by atoms with Gasteiger partial charge in [0.25, 0.3) is 0 Å². The third-order valence-corrected chi connectivity index (χ3v) is 4.18. The van der Waals surface area contributed by atoms with Crippen LogP contribution in [-0.2, 0) is 17.8 Å². The quantitative estimate of drug-likeness (QED) is 0.831. The Morgan fingerprint density at radius 2 is 2.31 bits per heavy atom. The number of imidazole rings is 1. The molecule has 3 rings (SSSR count). The van der Waals surface area contributed by atoms with Gasteiger partial charge in [0.1, 0.15) is 5.82 Å². The molecule has 1 amide bonds. The number of rotatable bonds is 2. The summed E-state index contributed by atoms with van der Waals surface area (Å²) in [6.45, 7) is 0.927. The minimum absolute atomic E-state index is 0.131. The van der Waals surface area contributed by atoms with Crippen LogP contribution in [0.4, 0.5) is 0 Å². The van der Waals surface area contributed by atoms with E-state index in [1.807, 2.05) is 6.20 Å². The Morgan fingerprint density at radius 1 is 1.50 bits per heavy atom. The van der Waals surface area contributed by atoms with E-state index in [1.54, 1.807) is 0 Å². The molecular formula is C11H14IN3O. The van der Waals surface area contributed by atoms with Gasteiger partial charge in [-0.25, -0.2) is 4.98 Å².